The van der Waals surface area contributed by atoms with Crippen LogP contribution < -0.4 is 0 Å². The summed E-state index contributed by atoms with van der Waals surface area (Å²) < 4.78 is 0. The van der Waals surface area contributed by atoms with Crippen LogP contribution in [0.1, 0.15) is 16.7 Å². The van der Waals surface area contributed by atoms with Gasteiger partial charge in [0.25, 0.3) is 0 Å². The number of hydrogen-bond donors (Lipinski definition) is 0. The van der Waals surface area contributed by atoms with E-state index in [1.165, 1.54) is 27.8 Å². The van der Waals surface area contributed by atoms with Crippen molar-refractivity contribution in [2.24, 2.45) is 0 Å². The summed E-state index contributed by atoms with van der Waals surface area (Å²) in [7, 11) is 0. The summed E-state index contributed by atoms with van der Waals surface area (Å²) in [5.41, 5.74) is 6.44. The van der Waals surface area contributed by atoms with Crippen molar-refractivity contribution in [1.82, 2.24) is 0 Å². The number of benzene rings is 2. The molecule has 0 bridgehead atoms. The fourth-order valence-corrected chi connectivity index (χ4v) is 1.69. The van der Waals surface area contributed by atoms with E-state index in [9.17, 15) is 0 Å². The Balaban J connectivity index is 0.00000128. The van der Waals surface area contributed by atoms with E-state index in [0.29, 0.717) is 0 Å². The van der Waals surface area contributed by atoms with Gasteiger partial charge in [-0.2, -0.15) is 29.8 Å². The molecule has 0 spiro atoms. The summed E-state index contributed by atoms with van der Waals surface area (Å²) in [5, 5.41) is 0. The van der Waals surface area contributed by atoms with E-state index in [-0.39, 0.29) is 80.8 Å². The molecule has 0 unspecified atom stereocenters. The summed E-state index contributed by atoms with van der Waals surface area (Å²) in [6, 6.07) is 16.0. The summed E-state index contributed by atoms with van der Waals surface area (Å²) in [6.07, 6.45) is 0. The fourth-order valence-electron chi connectivity index (χ4n) is 1.69. The maximum absolute atomic E-state index is 3.17. The Morgan fingerprint density at radius 1 is 0.765 bits per heavy atom. The third-order valence-electron chi connectivity index (χ3n) is 2.79. The van der Waals surface area contributed by atoms with Gasteiger partial charge in [0.15, 0.2) is 0 Å². The molecule has 2 aromatic rings. The van der Waals surface area contributed by atoms with Crippen LogP contribution in [-0.2, 0) is 0 Å². The molecule has 0 aliphatic heterocycles. The summed E-state index contributed by atoms with van der Waals surface area (Å²) >= 11 is 0. The van der Waals surface area contributed by atoms with Gasteiger partial charge in [0.2, 0.25) is 0 Å². The molecule has 0 saturated carbocycles. The average Bonchev–Trinajstić information content (AvgIpc) is 2.22. The molecule has 2 rings (SSSR count). The topological polar surface area (TPSA) is 0 Å². The minimum absolute atomic E-state index is 0. The third kappa shape index (κ3) is 4.95. The SMILES string of the molecule is Cc1[c-]ccc(-c2ccc(C)c(C)c2)c1.[Pm].[Pm]. The van der Waals surface area contributed by atoms with E-state index in [1.807, 2.05) is 6.07 Å². The normalized spacial score (nSPS) is 9.12. The van der Waals surface area contributed by atoms with E-state index in [2.05, 4.69) is 57.2 Å². The van der Waals surface area contributed by atoms with Crippen LogP contribution in [0.4, 0.5) is 0 Å². The van der Waals surface area contributed by atoms with Crippen molar-refractivity contribution in [3.8, 4) is 11.1 Å². The first-order valence-corrected chi connectivity index (χ1v) is 5.23. The van der Waals surface area contributed by atoms with Crippen molar-refractivity contribution in [2.75, 3.05) is 0 Å². The van der Waals surface area contributed by atoms with Gasteiger partial charge >= 0.3 is 0 Å². The van der Waals surface area contributed by atoms with Gasteiger partial charge < -0.3 is 0 Å². The summed E-state index contributed by atoms with van der Waals surface area (Å²) in [6.45, 7) is 6.37. The molecule has 86 valence electrons. The molecule has 17 heavy (non-hydrogen) atoms. The average molecular weight is 485 g/mol. The smallest absolute Gasteiger partial charge is 0 e. The first-order chi connectivity index (χ1) is 7.16. The molecule has 0 atom stereocenters. The van der Waals surface area contributed by atoms with Crippen molar-refractivity contribution in [3.05, 3.63) is 59.2 Å². The van der Waals surface area contributed by atoms with Crippen LogP contribution in [0.5, 0.6) is 0 Å². The summed E-state index contributed by atoms with van der Waals surface area (Å²) in [4.78, 5) is 0. The fraction of sp³-hybridized carbons (Fsp3) is 0.200. The van der Waals surface area contributed by atoms with E-state index in [1.54, 1.807) is 0 Å². The number of hydrogen-bond acceptors (Lipinski definition) is 0. The molecular formula is C15H15Pm2-. The van der Waals surface area contributed by atoms with Crippen molar-refractivity contribution >= 4 is 0 Å². The Morgan fingerprint density at radius 3 is 2.00 bits per heavy atom. The van der Waals surface area contributed by atoms with E-state index >= 15 is 0 Å². The number of rotatable bonds is 1. The molecule has 2 aromatic carbocycles. The van der Waals surface area contributed by atoms with Gasteiger partial charge in [-0.25, -0.2) is 0 Å². The zero-order chi connectivity index (χ0) is 10.8. The minimum atomic E-state index is 0. The van der Waals surface area contributed by atoms with Crippen molar-refractivity contribution < 1.29 is 80.8 Å². The molecule has 0 aliphatic carbocycles. The molecule has 0 aliphatic rings. The quantitative estimate of drug-likeness (QED) is 0.535. The molecule has 0 heterocycles. The van der Waals surface area contributed by atoms with Crippen LogP contribution in [0.25, 0.3) is 11.1 Å². The Labute approximate surface area is 169 Å². The Morgan fingerprint density at radius 2 is 1.41 bits per heavy atom. The Bertz CT molecular complexity index is 490. The Hall–Kier alpha value is 1.12. The molecule has 0 amide bonds. The largest absolute Gasteiger partial charge is 0.181 e. The zero-order valence-corrected chi connectivity index (χ0v) is 16.1. The van der Waals surface area contributed by atoms with E-state index in [0.717, 1.165) is 0 Å². The van der Waals surface area contributed by atoms with Crippen LogP contribution in [0.15, 0.2) is 36.4 Å². The van der Waals surface area contributed by atoms with E-state index in [4.69, 9.17) is 0 Å². The second-order valence-electron chi connectivity index (χ2n) is 4.06. The molecule has 2 heteroatoms. The van der Waals surface area contributed by atoms with Crippen LogP contribution in [0.2, 0.25) is 0 Å². The maximum Gasteiger partial charge on any atom is 0 e. The maximum atomic E-state index is 3.17. The molecule has 0 fully saturated rings. The second-order valence-corrected chi connectivity index (χ2v) is 4.06. The predicted molar refractivity (Wildman–Crippen MR) is 64.9 cm³/mol. The molecule has 2 radical (unpaired) electrons. The van der Waals surface area contributed by atoms with Gasteiger partial charge in [0.1, 0.15) is 0 Å². The van der Waals surface area contributed by atoms with Gasteiger partial charge in [0, 0.05) is 80.8 Å². The van der Waals surface area contributed by atoms with Crippen LogP contribution in [0, 0.1) is 108 Å². The monoisotopic (exact) mass is 485 g/mol. The Kier molecular flexibility index (Phi) is 8.86. The molecule has 0 N–H and O–H groups in total. The van der Waals surface area contributed by atoms with Gasteiger partial charge in [-0.05, 0) is 30.5 Å². The second kappa shape index (κ2) is 8.32. The van der Waals surface area contributed by atoms with Crippen molar-refractivity contribution in [1.29, 1.82) is 0 Å². The molecule has 0 nitrogen and oxygen atoms in total. The summed E-state index contributed by atoms with van der Waals surface area (Å²) in [5.74, 6) is 0. The van der Waals surface area contributed by atoms with E-state index < -0.39 is 0 Å². The van der Waals surface area contributed by atoms with Crippen LogP contribution in [0.3, 0.4) is 0 Å². The predicted octanol–water partition coefficient (Wildman–Crippen LogP) is 4.08. The minimum Gasteiger partial charge on any atom is -0.181 e. The standard InChI is InChI=1S/C15H15.2Pm/c1-11-5-4-6-14(9-11)15-8-7-12(2)13(3)10-15;;/h4,6-10H,1-3H3;;/q-1;;. The van der Waals surface area contributed by atoms with Crippen LogP contribution in [-0.4, -0.2) is 0 Å². The van der Waals surface area contributed by atoms with Gasteiger partial charge in [-0.1, -0.05) is 25.1 Å². The van der Waals surface area contributed by atoms with Gasteiger partial charge in [-0.15, -0.1) is 5.56 Å². The van der Waals surface area contributed by atoms with Gasteiger partial charge in [0.05, 0.1) is 0 Å². The first kappa shape index (κ1) is 18.1. The molecular weight excluding hydrogens is 470 g/mol. The third-order valence-corrected chi connectivity index (χ3v) is 2.79. The van der Waals surface area contributed by atoms with Crippen molar-refractivity contribution in [3.63, 3.8) is 0 Å². The number of aryl methyl sites for hydroxylation is 3. The van der Waals surface area contributed by atoms with Crippen LogP contribution >= 0.6 is 0 Å². The van der Waals surface area contributed by atoms with Crippen molar-refractivity contribution in [2.45, 2.75) is 20.8 Å². The molecule has 0 saturated heterocycles. The molecule has 0 aromatic heterocycles. The zero-order valence-electron chi connectivity index (χ0n) is 10.4. The van der Waals surface area contributed by atoms with Gasteiger partial charge in [-0.3, -0.25) is 0 Å². The first-order valence-electron chi connectivity index (χ1n) is 5.23.